The molecular weight excluding hydrogens is 320 g/mol. The summed E-state index contributed by atoms with van der Waals surface area (Å²) >= 11 is 0. The molecule has 0 heterocycles. The lowest BCUT2D eigenvalue weighted by molar-refractivity contribution is -0.145. The smallest absolute Gasteiger partial charge is 0.322 e. The van der Waals surface area contributed by atoms with Gasteiger partial charge in [-0.2, -0.15) is 0 Å². The van der Waals surface area contributed by atoms with Crippen LogP contribution in [0.5, 0.6) is 0 Å². The fraction of sp³-hybridized carbons (Fsp3) is 0.438. The predicted molar refractivity (Wildman–Crippen MR) is 86.5 cm³/mol. The van der Waals surface area contributed by atoms with E-state index < -0.39 is 23.5 Å². The summed E-state index contributed by atoms with van der Waals surface area (Å²) in [6.45, 7) is 4.06. The molecule has 24 heavy (non-hydrogen) atoms. The molecule has 0 bridgehead atoms. The van der Waals surface area contributed by atoms with E-state index in [1.54, 1.807) is 13.8 Å². The average Bonchev–Trinajstić information content (AvgIpc) is 2.54. The van der Waals surface area contributed by atoms with Crippen molar-refractivity contribution >= 4 is 14.0 Å². The first kappa shape index (κ1) is 22.0. The van der Waals surface area contributed by atoms with Gasteiger partial charge in [-0.25, -0.2) is 13.2 Å². The summed E-state index contributed by atoms with van der Waals surface area (Å²) in [5, 5.41) is 2.88. The van der Waals surface area contributed by atoms with Crippen molar-refractivity contribution in [1.82, 2.24) is 10.1 Å². The molecule has 0 saturated heterocycles. The largest absolute Gasteiger partial charge is 0.465 e. The number of hydrogen-bond donors (Lipinski definition) is 1. The summed E-state index contributed by atoms with van der Waals surface area (Å²) in [7, 11) is 5.66. The molecule has 1 aromatic carbocycles. The van der Waals surface area contributed by atoms with Crippen molar-refractivity contribution < 1.29 is 22.7 Å². The number of hydrogen-bond acceptors (Lipinski definition) is 4. The lowest BCUT2D eigenvalue weighted by Gasteiger charge is -2.19. The van der Waals surface area contributed by atoms with E-state index in [0.717, 1.165) is 6.07 Å². The summed E-state index contributed by atoms with van der Waals surface area (Å²) in [5.41, 5.74) is -0.168. The number of carbonyl (C=O) groups excluding carboxylic acids is 1. The number of benzene rings is 1. The van der Waals surface area contributed by atoms with Gasteiger partial charge in [0.2, 0.25) is 0 Å². The first-order valence-corrected chi connectivity index (χ1v) is 7.21. The van der Waals surface area contributed by atoms with Crippen molar-refractivity contribution in [3.05, 3.63) is 35.1 Å². The molecule has 2 radical (unpaired) electrons. The summed E-state index contributed by atoms with van der Waals surface area (Å²) in [6, 6.07) is 0.867. The number of rotatable bonds is 8. The maximum atomic E-state index is 13.5. The molecule has 0 aliphatic rings. The summed E-state index contributed by atoms with van der Waals surface area (Å²) in [6.07, 6.45) is 8.00. The lowest BCUT2D eigenvalue weighted by atomic mass is 10.1. The van der Waals surface area contributed by atoms with Crippen LogP contribution in [0.3, 0.4) is 0 Å². The molecule has 4 nitrogen and oxygen atoms in total. The van der Waals surface area contributed by atoms with Crippen molar-refractivity contribution in [1.29, 1.82) is 0 Å². The van der Waals surface area contributed by atoms with Crippen LogP contribution in [0, 0.1) is 30.3 Å². The number of esters is 1. The molecule has 130 valence electrons. The highest BCUT2D eigenvalue weighted by Crippen LogP contribution is 2.15. The number of terminal acetylenes is 1. The van der Waals surface area contributed by atoms with Gasteiger partial charge in [-0.15, -0.1) is 12.8 Å². The van der Waals surface area contributed by atoms with E-state index >= 15 is 0 Å². The highest BCUT2D eigenvalue weighted by atomic mass is 19.2. The molecule has 1 aromatic rings. The molecule has 0 amide bonds. The third-order valence-corrected chi connectivity index (χ3v) is 2.93. The van der Waals surface area contributed by atoms with Crippen LogP contribution in [-0.2, 0) is 16.1 Å². The SMILES string of the molecule is C#C.[B]N(CCN[C@H](C)C(=O)OCC)Cc1cc(F)cc(F)c1F. The maximum absolute atomic E-state index is 13.5. The monoisotopic (exact) mass is 340 g/mol. The van der Waals surface area contributed by atoms with E-state index in [1.165, 1.54) is 4.81 Å². The maximum Gasteiger partial charge on any atom is 0.322 e. The quantitative estimate of drug-likeness (QED) is 0.339. The molecule has 1 N–H and O–H groups in total. The third kappa shape index (κ3) is 7.53. The Kier molecular flexibility index (Phi) is 10.6. The first-order valence-electron chi connectivity index (χ1n) is 7.21. The van der Waals surface area contributed by atoms with Crippen LogP contribution >= 0.6 is 0 Å². The number of nitrogens with one attached hydrogen (secondary N) is 1. The second-order valence-corrected chi connectivity index (χ2v) is 4.76. The highest BCUT2D eigenvalue weighted by molar-refractivity contribution is 6.04. The van der Waals surface area contributed by atoms with Crippen molar-refractivity contribution in [2.24, 2.45) is 0 Å². The van der Waals surface area contributed by atoms with Gasteiger partial charge in [-0.3, -0.25) is 4.79 Å². The summed E-state index contributed by atoms with van der Waals surface area (Å²) in [5.74, 6) is -3.62. The summed E-state index contributed by atoms with van der Waals surface area (Å²) in [4.78, 5) is 12.6. The molecule has 0 aliphatic carbocycles. The summed E-state index contributed by atoms with van der Waals surface area (Å²) < 4.78 is 44.4. The van der Waals surface area contributed by atoms with Crippen LogP contribution in [0.25, 0.3) is 0 Å². The van der Waals surface area contributed by atoms with Gasteiger partial charge < -0.3 is 14.9 Å². The Morgan fingerprint density at radius 3 is 2.58 bits per heavy atom. The van der Waals surface area contributed by atoms with E-state index in [1.807, 2.05) is 0 Å². The van der Waals surface area contributed by atoms with E-state index in [-0.39, 0.29) is 31.2 Å². The van der Waals surface area contributed by atoms with Crippen LogP contribution in [-0.4, -0.2) is 44.5 Å². The van der Waals surface area contributed by atoms with Crippen molar-refractivity contribution in [2.45, 2.75) is 26.4 Å². The highest BCUT2D eigenvalue weighted by Gasteiger charge is 2.14. The molecule has 0 aliphatic heterocycles. The Labute approximate surface area is 141 Å². The number of ether oxygens (including phenoxy) is 1. The van der Waals surface area contributed by atoms with Gasteiger partial charge >= 0.3 is 5.97 Å². The van der Waals surface area contributed by atoms with Gasteiger partial charge in [-0.05, 0) is 26.5 Å². The molecule has 0 unspecified atom stereocenters. The first-order chi connectivity index (χ1) is 11.3. The Bertz CT molecular complexity index is 556. The van der Waals surface area contributed by atoms with Crippen molar-refractivity contribution in [3.8, 4) is 12.8 Å². The molecule has 1 rings (SSSR count). The molecule has 0 fully saturated rings. The van der Waals surface area contributed by atoms with Gasteiger partial charge in [0.25, 0.3) is 0 Å². The fourth-order valence-electron chi connectivity index (χ4n) is 1.80. The standard InChI is InChI=1S/C14H18BF3N2O2.C2H2/c1-3-22-14(21)9(2)19-4-5-20(15)8-10-6-11(16)7-12(17)13(10)18;1-2/h6-7,9,19H,3-5,8H2,1-2H3;1-2H/t9-;/m1./s1. The third-order valence-electron chi connectivity index (χ3n) is 2.93. The normalized spacial score (nSPS) is 11.5. The average molecular weight is 340 g/mol. The number of carbonyl (C=O) groups is 1. The minimum absolute atomic E-state index is 0.157. The lowest BCUT2D eigenvalue weighted by Crippen LogP contribution is -2.39. The van der Waals surface area contributed by atoms with Crippen molar-refractivity contribution in [3.63, 3.8) is 0 Å². The van der Waals surface area contributed by atoms with E-state index in [4.69, 9.17) is 12.7 Å². The molecule has 0 aromatic heterocycles. The van der Waals surface area contributed by atoms with Crippen LogP contribution < -0.4 is 5.32 Å². The minimum Gasteiger partial charge on any atom is -0.465 e. The van der Waals surface area contributed by atoms with Crippen LogP contribution in [0.15, 0.2) is 12.1 Å². The van der Waals surface area contributed by atoms with Gasteiger partial charge in [0.05, 0.1) is 6.61 Å². The molecule has 8 heteroatoms. The topological polar surface area (TPSA) is 41.6 Å². The Morgan fingerprint density at radius 2 is 2.00 bits per heavy atom. The predicted octanol–water partition coefficient (Wildman–Crippen LogP) is 1.78. The zero-order valence-corrected chi connectivity index (χ0v) is 13.7. The van der Waals surface area contributed by atoms with Crippen LogP contribution in [0.1, 0.15) is 19.4 Å². The van der Waals surface area contributed by atoms with Crippen molar-refractivity contribution in [2.75, 3.05) is 19.7 Å². The van der Waals surface area contributed by atoms with E-state index in [0.29, 0.717) is 12.6 Å². The molecule has 0 spiro atoms. The van der Waals surface area contributed by atoms with Gasteiger partial charge in [0.15, 0.2) is 19.6 Å². The Morgan fingerprint density at radius 1 is 1.38 bits per heavy atom. The van der Waals surface area contributed by atoms with E-state index in [9.17, 15) is 18.0 Å². The Hall–Kier alpha value is -1.98. The van der Waals surface area contributed by atoms with Gasteiger partial charge in [-0.1, -0.05) is 0 Å². The van der Waals surface area contributed by atoms with Gasteiger partial charge in [0, 0.05) is 24.7 Å². The zero-order valence-electron chi connectivity index (χ0n) is 13.7. The second-order valence-electron chi connectivity index (χ2n) is 4.76. The number of nitrogens with zero attached hydrogens (tertiary/aromatic N) is 1. The second kappa shape index (κ2) is 11.5. The molecule has 1 atom stereocenters. The van der Waals surface area contributed by atoms with Crippen LogP contribution in [0.4, 0.5) is 13.2 Å². The van der Waals surface area contributed by atoms with Crippen LogP contribution in [0.2, 0.25) is 0 Å². The Balaban J connectivity index is 0.00000254. The minimum atomic E-state index is -1.25. The molecule has 0 saturated carbocycles. The van der Waals surface area contributed by atoms with Gasteiger partial charge in [0.1, 0.15) is 11.9 Å². The number of halogens is 3. The van der Waals surface area contributed by atoms with E-state index in [2.05, 4.69) is 18.2 Å². The molecular formula is C16H20BF3N2O2. The zero-order chi connectivity index (χ0) is 18.7. The fourth-order valence-corrected chi connectivity index (χ4v) is 1.80.